The molecule has 2 amide bonds. The van der Waals surface area contributed by atoms with Crippen LogP contribution in [0, 0.1) is 11.3 Å². The van der Waals surface area contributed by atoms with Gasteiger partial charge in [0.2, 0.25) is 5.91 Å². The molecule has 0 spiro atoms. The molecule has 0 radical (unpaired) electrons. The van der Waals surface area contributed by atoms with E-state index in [9.17, 15) is 9.59 Å². The number of rotatable bonds is 5. The molecule has 0 aromatic heterocycles. The second-order valence-electron chi connectivity index (χ2n) is 9.94. The molecule has 0 aliphatic carbocycles. The van der Waals surface area contributed by atoms with Crippen molar-refractivity contribution in [2.24, 2.45) is 11.3 Å². The van der Waals surface area contributed by atoms with Gasteiger partial charge < -0.3 is 19.9 Å². The van der Waals surface area contributed by atoms with E-state index in [0.29, 0.717) is 19.0 Å². The molecule has 0 unspecified atom stereocenters. The zero-order chi connectivity index (χ0) is 21.8. The molecule has 1 aliphatic rings. The van der Waals surface area contributed by atoms with Gasteiger partial charge in [0.25, 0.3) is 0 Å². The third kappa shape index (κ3) is 6.94. The van der Waals surface area contributed by atoms with Crippen LogP contribution in [0.2, 0.25) is 0 Å². The first-order chi connectivity index (χ1) is 13.4. The Morgan fingerprint density at radius 1 is 1.00 bits per heavy atom. The average molecular weight is 404 g/mol. The molecule has 0 saturated carbocycles. The smallest absolute Gasteiger partial charge is 0.410 e. The minimum absolute atomic E-state index is 0.0462. The van der Waals surface area contributed by atoms with Gasteiger partial charge in [-0.25, -0.2) is 4.79 Å². The van der Waals surface area contributed by atoms with Crippen LogP contribution >= 0.6 is 0 Å². The lowest BCUT2D eigenvalue weighted by atomic mass is 9.83. The van der Waals surface area contributed by atoms with Crippen LogP contribution in [0.15, 0.2) is 24.3 Å². The number of carbonyl (C=O) groups excluding carboxylic acids is 2. The zero-order valence-electron chi connectivity index (χ0n) is 19.0. The number of nitrogens with one attached hydrogen (secondary N) is 1. The summed E-state index contributed by atoms with van der Waals surface area (Å²) in [7, 11) is 0. The number of nitrogens with zero attached hydrogens (tertiary/aromatic N) is 2. The Bertz CT molecular complexity index is 697. The molecule has 1 fully saturated rings. The lowest BCUT2D eigenvalue weighted by Gasteiger charge is -2.36. The molecule has 1 saturated heterocycles. The van der Waals surface area contributed by atoms with Gasteiger partial charge in [0.1, 0.15) is 5.60 Å². The maximum Gasteiger partial charge on any atom is 0.410 e. The van der Waals surface area contributed by atoms with Crippen molar-refractivity contribution in [2.75, 3.05) is 36.4 Å². The van der Waals surface area contributed by atoms with Crippen molar-refractivity contribution >= 4 is 23.4 Å². The number of anilines is 2. The molecule has 6 nitrogen and oxygen atoms in total. The molecule has 29 heavy (non-hydrogen) atoms. The molecule has 2 rings (SSSR count). The molecule has 1 aliphatic heterocycles. The predicted molar refractivity (Wildman–Crippen MR) is 118 cm³/mol. The van der Waals surface area contributed by atoms with Crippen molar-refractivity contribution in [1.82, 2.24) is 4.90 Å². The standard InChI is InChI=1S/C23H37N3O3/c1-17(2)16-23(6,7)20(27)24-18-8-10-19(11-9-18)25-12-14-26(15-13-25)21(28)29-22(3,4)5/h8-11,17H,12-16H2,1-7H3,(H,24,27). The van der Waals surface area contributed by atoms with Crippen LogP contribution in [-0.4, -0.2) is 48.7 Å². The second-order valence-corrected chi connectivity index (χ2v) is 9.94. The third-order valence-electron chi connectivity index (χ3n) is 4.95. The van der Waals surface area contributed by atoms with Crippen LogP contribution < -0.4 is 10.2 Å². The maximum atomic E-state index is 12.6. The Kier molecular flexibility index (Phi) is 7.20. The van der Waals surface area contributed by atoms with Crippen molar-refractivity contribution in [3.05, 3.63) is 24.3 Å². The highest BCUT2D eigenvalue weighted by Crippen LogP contribution is 2.28. The van der Waals surface area contributed by atoms with Crippen molar-refractivity contribution in [2.45, 2.75) is 60.5 Å². The quantitative estimate of drug-likeness (QED) is 0.770. The average Bonchev–Trinajstić information content (AvgIpc) is 2.60. The van der Waals surface area contributed by atoms with E-state index in [-0.39, 0.29) is 12.0 Å². The largest absolute Gasteiger partial charge is 0.444 e. The SMILES string of the molecule is CC(C)CC(C)(C)C(=O)Nc1ccc(N2CCN(C(=O)OC(C)(C)C)CC2)cc1. The van der Waals surface area contributed by atoms with E-state index in [4.69, 9.17) is 4.74 Å². The Hall–Kier alpha value is -2.24. The van der Waals surface area contributed by atoms with E-state index >= 15 is 0 Å². The summed E-state index contributed by atoms with van der Waals surface area (Å²) in [5.74, 6) is 0.516. The van der Waals surface area contributed by atoms with Crippen molar-refractivity contribution in [3.8, 4) is 0 Å². The van der Waals surface area contributed by atoms with Crippen molar-refractivity contribution in [3.63, 3.8) is 0 Å². The van der Waals surface area contributed by atoms with Gasteiger partial charge in [-0.3, -0.25) is 4.79 Å². The molecule has 1 heterocycles. The highest BCUT2D eigenvalue weighted by atomic mass is 16.6. The highest BCUT2D eigenvalue weighted by molar-refractivity contribution is 5.94. The minimum atomic E-state index is -0.474. The number of amides is 2. The first kappa shape index (κ1) is 23.0. The number of hydrogen-bond donors (Lipinski definition) is 1. The van der Waals surface area contributed by atoms with Crippen molar-refractivity contribution < 1.29 is 14.3 Å². The van der Waals surface area contributed by atoms with Crippen LogP contribution in [0.25, 0.3) is 0 Å². The highest BCUT2D eigenvalue weighted by Gasteiger charge is 2.29. The predicted octanol–water partition coefficient (Wildman–Crippen LogP) is 4.75. The van der Waals surface area contributed by atoms with Gasteiger partial charge in [-0.15, -0.1) is 0 Å². The lowest BCUT2D eigenvalue weighted by Crippen LogP contribution is -2.50. The van der Waals surface area contributed by atoms with Crippen LogP contribution in [0.5, 0.6) is 0 Å². The summed E-state index contributed by atoms with van der Waals surface area (Å²) in [4.78, 5) is 28.8. The van der Waals surface area contributed by atoms with Crippen LogP contribution in [0.1, 0.15) is 54.9 Å². The Morgan fingerprint density at radius 2 is 1.55 bits per heavy atom. The monoisotopic (exact) mass is 403 g/mol. The molecule has 1 N–H and O–H groups in total. The summed E-state index contributed by atoms with van der Waals surface area (Å²) in [6, 6.07) is 7.93. The summed E-state index contributed by atoms with van der Waals surface area (Å²) in [6.07, 6.45) is 0.595. The van der Waals surface area contributed by atoms with Crippen LogP contribution in [-0.2, 0) is 9.53 Å². The third-order valence-corrected chi connectivity index (χ3v) is 4.95. The Morgan fingerprint density at radius 3 is 2.03 bits per heavy atom. The molecular formula is C23H37N3O3. The van der Waals surface area contributed by atoms with E-state index < -0.39 is 11.0 Å². The fourth-order valence-corrected chi connectivity index (χ4v) is 3.64. The van der Waals surface area contributed by atoms with E-state index in [1.807, 2.05) is 58.9 Å². The van der Waals surface area contributed by atoms with Crippen molar-refractivity contribution in [1.29, 1.82) is 0 Å². The minimum Gasteiger partial charge on any atom is -0.444 e. The molecule has 1 aromatic rings. The summed E-state index contributed by atoms with van der Waals surface area (Å²) in [5.41, 5.74) is 1.03. The summed E-state index contributed by atoms with van der Waals surface area (Å²) >= 11 is 0. The second kappa shape index (κ2) is 9.06. The fourth-order valence-electron chi connectivity index (χ4n) is 3.64. The number of hydrogen-bond acceptors (Lipinski definition) is 4. The summed E-state index contributed by atoms with van der Waals surface area (Å²) in [6.45, 7) is 16.7. The Labute approximate surface area is 175 Å². The number of ether oxygens (including phenoxy) is 1. The van der Waals surface area contributed by atoms with Crippen LogP contribution in [0.3, 0.4) is 0 Å². The molecule has 162 valence electrons. The van der Waals surface area contributed by atoms with Gasteiger partial charge in [0.05, 0.1) is 0 Å². The molecule has 0 atom stereocenters. The molecule has 0 bridgehead atoms. The normalized spacial score (nSPS) is 15.4. The van der Waals surface area contributed by atoms with Gasteiger partial charge in [-0.1, -0.05) is 27.7 Å². The van der Waals surface area contributed by atoms with Gasteiger partial charge in [0, 0.05) is 43.0 Å². The summed E-state index contributed by atoms with van der Waals surface area (Å²) in [5, 5.41) is 3.03. The zero-order valence-corrected chi connectivity index (χ0v) is 19.0. The van der Waals surface area contributed by atoms with Gasteiger partial charge in [-0.05, 0) is 57.4 Å². The number of carbonyl (C=O) groups is 2. The first-order valence-electron chi connectivity index (χ1n) is 10.5. The topological polar surface area (TPSA) is 61.9 Å². The van der Waals surface area contributed by atoms with Gasteiger partial charge >= 0.3 is 6.09 Å². The number of benzene rings is 1. The van der Waals surface area contributed by atoms with E-state index in [0.717, 1.165) is 30.9 Å². The molecular weight excluding hydrogens is 366 g/mol. The first-order valence-corrected chi connectivity index (χ1v) is 10.5. The van der Waals surface area contributed by atoms with E-state index in [1.54, 1.807) is 4.90 Å². The maximum absolute atomic E-state index is 12.6. The summed E-state index contributed by atoms with van der Waals surface area (Å²) < 4.78 is 5.45. The lowest BCUT2D eigenvalue weighted by molar-refractivity contribution is -0.124. The molecule has 1 aromatic carbocycles. The Balaban J connectivity index is 1.90. The van der Waals surface area contributed by atoms with E-state index in [1.165, 1.54) is 0 Å². The van der Waals surface area contributed by atoms with Gasteiger partial charge in [-0.2, -0.15) is 0 Å². The van der Waals surface area contributed by atoms with E-state index in [2.05, 4.69) is 24.1 Å². The molecule has 6 heteroatoms. The number of piperazine rings is 1. The fraction of sp³-hybridized carbons (Fsp3) is 0.652. The van der Waals surface area contributed by atoms with Gasteiger partial charge in [0.15, 0.2) is 0 Å². The van der Waals surface area contributed by atoms with Crippen LogP contribution in [0.4, 0.5) is 16.2 Å².